The van der Waals surface area contributed by atoms with Crippen molar-refractivity contribution in [1.82, 2.24) is 15.1 Å². The van der Waals surface area contributed by atoms with Gasteiger partial charge in [0.25, 0.3) is 0 Å². The molecule has 1 heterocycles. The Morgan fingerprint density at radius 2 is 1.64 bits per heavy atom. The van der Waals surface area contributed by atoms with Crippen molar-refractivity contribution in [2.75, 3.05) is 45.9 Å². The highest BCUT2D eigenvalue weighted by Gasteiger charge is 2.24. The van der Waals surface area contributed by atoms with E-state index in [0.717, 1.165) is 18.4 Å². The summed E-state index contributed by atoms with van der Waals surface area (Å²) >= 11 is 0. The molecule has 0 unspecified atom stereocenters. The van der Waals surface area contributed by atoms with Crippen LogP contribution in [0.1, 0.15) is 25.3 Å². The summed E-state index contributed by atoms with van der Waals surface area (Å²) in [5.74, 6) is -0.508. The fourth-order valence-electron chi connectivity index (χ4n) is 2.71. The van der Waals surface area contributed by atoms with Crippen LogP contribution >= 0.6 is 0 Å². The third-order valence-electron chi connectivity index (χ3n) is 4.40. The minimum atomic E-state index is -0.406. The number of ether oxygens (including phenoxy) is 2. The molecule has 1 fully saturated rings. The van der Waals surface area contributed by atoms with E-state index < -0.39 is 5.97 Å². The van der Waals surface area contributed by atoms with Gasteiger partial charge in [0.2, 0.25) is 5.91 Å². The van der Waals surface area contributed by atoms with Crippen LogP contribution in [0.4, 0.5) is 4.79 Å². The monoisotopic (exact) mass is 391 g/mol. The second-order valence-corrected chi connectivity index (χ2v) is 6.59. The van der Waals surface area contributed by atoms with Gasteiger partial charge in [-0.1, -0.05) is 43.7 Å². The number of nitrogens with one attached hydrogen (secondary N) is 1. The number of amides is 2. The molecule has 2 amide bonds. The minimum absolute atomic E-state index is 0.0255. The third-order valence-corrected chi connectivity index (χ3v) is 4.40. The first-order valence-corrected chi connectivity index (χ1v) is 9.70. The molecule has 0 aliphatic carbocycles. The predicted molar refractivity (Wildman–Crippen MR) is 104 cm³/mol. The van der Waals surface area contributed by atoms with E-state index in [-0.39, 0.29) is 31.7 Å². The summed E-state index contributed by atoms with van der Waals surface area (Å²) in [7, 11) is 0. The van der Waals surface area contributed by atoms with Crippen LogP contribution in [0.25, 0.3) is 0 Å². The van der Waals surface area contributed by atoms with Gasteiger partial charge in [0.1, 0.15) is 6.61 Å². The average Bonchev–Trinajstić information content (AvgIpc) is 2.73. The number of nitrogens with zero attached hydrogens (tertiary/aromatic N) is 2. The van der Waals surface area contributed by atoms with E-state index in [1.165, 1.54) is 0 Å². The lowest BCUT2D eigenvalue weighted by Crippen LogP contribution is -2.52. The third kappa shape index (κ3) is 7.56. The summed E-state index contributed by atoms with van der Waals surface area (Å²) in [6.07, 6.45) is 1.51. The zero-order chi connectivity index (χ0) is 20.2. The van der Waals surface area contributed by atoms with Crippen LogP contribution in [0.15, 0.2) is 30.3 Å². The standard InChI is InChI=1S/C20H29N3O5/c1-2-3-13-27-20(26)23-11-9-22(10-12-23)18(24)14-21-15-19(25)28-16-17-7-5-4-6-8-17/h4-8,21H,2-3,9-16H2,1H3. The summed E-state index contributed by atoms with van der Waals surface area (Å²) < 4.78 is 10.3. The number of unbranched alkanes of at least 4 members (excludes halogenated alkanes) is 1. The Kier molecular flexibility index (Phi) is 9.27. The first-order valence-electron chi connectivity index (χ1n) is 9.70. The molecule has 8 nitrogen and oxygen atoms in total. The molecule has 1 aromatic carbocycles. The van der Waals surface area contributed by atoms with E-state index in [0.29, 0.717) is 32.8 Å². The Labute approximate surface area is 165 Å². The van der Waals surface area contributed by atoms with Gasteiger partial charge in [0, 0.05) is 26.2 Å². The van der Waals surface area contributed by atoms with Crippen LogP contribution in [0.5, 0.6) is 0 Å². The zero-order valence-corrected chi connectivity index (χ0v) is 16.4. The van der Waals surface area contributed by atoms with Gasteiger partial charge in [0.05, 0.1) is 19.7 Å². The van der Waals surface area contributed by atoms with Crippen molar-refractivity contribution in [1.29, 1.82) is 0 Å². The lowest BCUT2D eigenvalue weighted by molar-refractivity contribution is -0.144. The maximum atomic E-state index is 12.2. The molecule has 1 saturated heterocycles. The average molecular weight is 391 g/mol. The van der Waals surface area contributed by atoms with Crippen LogP contribution in [0.2, 0.25) is 0 Å². The molecule has 1 aromatic rings. The number of carbonyl (C=O) groups is 3. The molecule has 8 heteroatoms. The van der Waals surface area contributed by atoms with Crippen molar-refractivity contribution in [3.05, 3.63) is 35.9 Å². The number of esters is 1. The highest BCUT2D eigenvalue weighted by molar-refractivity contribution is 5.80. The Morgan fingerprint density at radius 1 is 0.964 bits per heavy atom. The topological polar surface area (TPSA) is 88.2 Å². The zero-order valence-electron chi connectivity index (χ0n) is 16.4. The number of hydrogen-bond donors (Lipinski definition) is 1. The SMILES string of the molecule is CCCCOC(=O)N1CCN(C(=O)CNCC(=O)OCc2ccccc2)CC1. The van der Waals surface area contributed by atoms with Crippen LogP contribution in [0, 0.1) is 0 Å². The van der Waals surface area contributed by atoms with E-state index in [9.17, 15) is 14.4 Å². The van der Waals surface area contributed by atoms with Gasteiger partial charge in [-0.2, -0.15) is 0 Å². The molecule has 2 rings (SSSR count). The van der Waals surface area contributed by atoms with Gasteiger partial charge in [-0.15, -0.1) is 0 Å². The van der Waals surface area contributed by atoms with Crippen molar-refractivity contribution < 1.29 is 23.9 Å². The molecule has 0 radical (unpaired) electrons. The van der Waals surface area contributed by atoms with Gasteiger partial charge in [-0.25, -0.2) is 4.79 Å². The molecule has 0 bridgehead atoms. The second-order valence-electron chi connectivity index (χ2n) is 6.59. The molecule has 154 valence electrons. The van der Waals surface area contributed by atoms with Crippen LogP contribution < -0.4 is 5.32 Å². The van der Waals surface area contributed by atoms with Crippen molar-refractivity contribution in [3.8, 4) is 0 Å². The van der Waals surface area contributed by atoms with Crippen LogP contribution in [0.3, 0.4) is 0 Å². The fraction of sp³-hybridized carbons (Fsp3) is 0.550. The van der Waals surface area contributed by atoms with E-state index in [2.05, 4.69) is 5.32 Å². The molecular formula is C20H29N3O5. The van der Waals surface area contributed by atoms with Gasteiger partial charge in [0.15, 0.2) is 0 Å². The fourth-order valence-corrected chi connectivity index (χ4v) is 2.71. The summed E-state index contributed by atoms with van der Waals surface area (Å²) in [6, 6.07) is 9.41. The van der Waals surface area contributed by atoms with Crippen molar-refractivity contribution in [2.24, 2.45) is 0 Å². The number of benzene rings is 1. The predicted octanol–water partition coefficient (Wildman–Crippen LogP) is 1.40. The Morgan fingerprint density at radius 3 is 2.32 bits per heavy atom. The van der Waals surface area contributed by atoms with E-state index in [4.69, 9.17) is 9.47 Å². The number of piperazine rings is 1. The largest absolute Gasteiger partial charge is 0.460 e. The Balaban J connectivity index is 1.58. The van der Waals surface area contributed by atoms with Crippen molar-refractivity contribution in [2.45, 2.75) is 26.4 Å². The molecule has 0 atom stereocenters. The Bertz CT molecular complexity index is 630. The highest BCUT2D eigenvalue weighted by Crippen LogP contribution is 2.05. The maximum Gasteiger partial charge on any atom is 0.409 e. The van der Waals surface area contributed by atoms with Crippen LogP contribution in [-0.2, 0) is 25.7 Å². The molecule has 0 aromatic heterocycles. The number of rotatable bonds is 9. The number of hydrogen-bond acceptors (Lipinski definition) is 6. The van der Waals surface area contributed by atoms with Gasteiger partial charge < -0.3 is 19.3 Å². The van der Waals surface area contributed by atoms with Crippen molar-refractivity contribution in [3.63, 3.8) is 0 Å². The van der Waals surface area contributed by atoms with E-state index in [1.54, 1.807) is 9.80 Å². The molecule has 1 aliphatic rings. The molecule has 28 heavy (non-hydrogen) atoms. The summed E-state index contributed by atoms with van der Waals surface area (Å²) in [5.41, 5.74) is 0.915. The lowest BCUT2D eigenvalue weighted by atomic mass is 10.2. The number of carbonyl (C=O) groups excluding carboxylic acids is 3. The molecular weight excluding hydrogens is 362 g/mol. The summed E-state index contributed by atoms with van der Waals surface area (Å²) in [5, 5.41) is 2.82. The van der Waals surface area contributed by atoms with Gasteiger partial charge in [-0.3, -0.25) is 14.9 Å². The molecule has 1 aliphatic heterocycles. The normalized spacial score (nSPS) is 13.9. The molecule has 0 saturated carbocycles. The smallest absolute Gasteiger partial charge is 0.409 e. The summed E-state index contributed by atoms with van der Waals surface area (Å²) in [6.45, 7) is 4.54. The van der Waals surface area contributed by atoms with Gasteiger partial charge in [-0.05, 0) is 12.0 Å². The lowest BCUT2D eigenvalue weighted by Gasteiger charge is -2.34. The van der Waals surface area contributed by atoms with E-state index in [1.807, 2.05) is 37.3 Å². The summed E-state index contributed by atoms with van der Waals surface area (Å²) in [4.78, 5) is 39.2. The first kappa shape index (κ1) is 21.7. The minimum Gasteiger partial charge on any atom is -0.460 e. The first-order chi connectivity index (χ1) is 13.6. The van der Waals surface area contributed by atoms with Crippen molar-refractivity contribution >= 4 is 18.0 Å². The molecule has 0 spiro atoms. The second kappa shape index (κ2) is 12.0. The van der Waals surface area contributed by atoms with E-state index >= 15 is 0 Å². The van der Waals surface area contributed by atoms with Gasteiger partial charge >= 0.3 is 12.1 Å². The molecule has 1 N–H and O–H groups in total. The Hall–Kier alpha value is -2.61. The van der Waals surface area contributed by atoms with Crippen LogP contribution in [-0.4, -0.2) is 73.6 Å². The maximum absolute atomic E-state index is 12.2. The quantitative estimate of drug-likeness (QED) is 0.506. The highest BCUT2D eigenvalue weighted by atomic mass is 16.6.